The van der Waals surface area contributed by atoms with Crippen molar-refractivity contribution in [3.05, 3.63) is 68.5 Å². The smallest absolute Gasteiger partial charge is 0.333 e. The van der Waals surface area contributed by atoms with Crippen molar-refractivity contribution in [2.45, 2.75) is 38.0 Å². The largest absolute Gasteiger partial charge is 0.394 e. The van der Waals surface area contributed by atoms with Gasteiger partial charge >= 0.3 is 5.69 Å². The van der Waals surface area contributed by atoms with Gasteiger partial charge in [0, 0.05) is 12.3 Å². The Balaban J connectivity index is 1.97. The van der Waals surface area contributed by atoms with E-state index < -0.39 is 42.4 Å². The summed E-state index contributed by atoms with van der Waals surface area (Å²) >= 11 is 0. The number of aryl methyl sites for hydroxylation is 1. The predicted molar refractivity (Wildman–Crippen MR) is 88.3 cm³/mol. The van der Waals surface area contributed by atoms with Crippen LogP contribution in [0.4, 0.5) is 0 Å². The Morgan fingerprint density at radius 1 is 1.08 bits per heavy atom. The van der Waals surface area contributed by atoms with Crippen LogP contribution in [0.25, 0.3) is 0 Å². The normalized spacial score (nSPS) is 26.1. The molecule has 8 heteroatoms. The summed E-state index contributed by atoms with van der Waals surface area (Å²) in [5.41, 5.74) is 0.702. The van der Waals surface area contributed by atoms with Crippen LogP contribution in [0.1, 0.15) is 17.4 Å². The number of aromatic nitrogens is 2. The third-order valence-corrected chi connectivity index (χ3v) is 4.35. The van der Waals surface area contributed by atoms with E-state index in [2.05, 4.69) is 0 Å². The molecule has 3 rings (SSSR count). The first kappa shape index (κ1) is 17.6. The number of nitrogens with zero attached hydrogens (tertiary/aromatic N) is 2. The van der Waals surface area contributed by atoms with Crippen molar-refractivity contribution in [3.8, 4) is 0 Å². The number of hydrogen-bond acceptors (Lipinski definition) is 6. The van der Waals surface area contributed by atoms with E-state index >= 15 is 0 Å². The Morgan fingerprint density at radius 3 is 2.36 bits per heavy atom. The second kappa shape index (κ2) is 6.93. The molecule has 1 aliphatic heterocycles. The van der Waals surface area contributed by atoms with Gasteiger partial charge in [-0.15, -0.1) is 0 Å². The van der Waals surface area contributed by atoms with E-state index in [1.54, 1.807) is 0 Å². The predicted octanol–water partition coefficient (Wildman–Crippen LogP) is -1.02. The molecule has 0 saturated carbocycles. The van der Waals surface area contributed by atoms with E-state index in [1.165, 1.54) is 12.3 Å². The zero-order chi connectivity index (χ0) is 18.1. The fourth-order valence-corrected chi connectivity index (χ4v) is 2.86. The molecule has 0 amide bonds. The van der Waals surface area contributed by atoms with Crippen LogP contribution >= 0.6 is 0 Å². The first-order chi connectivity index (χ1) is 11.9. The Bertz CT molecular complexity index is 857. The Labute approximate surface area is 143 Å². The summed E-state index contributed by atoms with van der Waals surface area (Å²) in [6.07, 6.45) is -3.66. The molecule has 134 valence electrons. The molecule has 0 aliphatic carbocycles. The molecule has 1 aliphatic rings. The van der Waals surface area contributed by atoms with E-state index in [9.17, 15) is 19.8 Å². The molecule has 1 aromatic heterocycles. The molecule has 1 saturated heterocycles. The number of rotatable bonds is 4. The van der Waals surface area contributed by atoms with Crippen LogP contribution in [0.3, 0.4) is 0 Å². The van der Waals surface area contributed by atoms with Crippen molar-refractivity contribution in [2.24, 2.45) is 0 Å². The molecule has 3 N–H and O–H groups in total. The molecule has 8 nitrogen and oxygen atoms in total. The van der Waals surface area contributed by atoms with Crippen LogP contribution in [0.2, 0.25) is 0 Å². The molecule has 0 spiro atoms. The molecule has 2 heterocycles. The zero-order valence-corrected chi connectivity index (χ0v) is 13.6. The molecule has 4 atom stereocenters. The number of benzene rings is 1. The second-order valence-corrected chi connectivity index (χ2v) is 6.14. The van der Waals surface area contributed by atoms with Gasteiger partial charge in [-0.1, -0.05) is 29.8 Å². The summed E-state index contributed by atoms with van der Waals surface area (Å²) in [4.78, 5) is 24.8. The van der Waals surface area contributed by atoms with Crippen LogP contribution in [-0.2, 0) is 11.3 Å². The Kier molecular flexibility index (Phi) is 4.87. The van der Waals surface area contributed by atoms with E-state index in [0.29, 0.717) is 0 Å². The van der Waals surface area contributed by atoms with Crippen LogP contribution < -0.4 is 11.2 Å². The second-order valence-electron chi connectivity index (χ2n) is 6.14. The van der Waals surface area contributed by atoms with Crippen LogP contribution in [0.5, 0.6) is 0 Å². The summed E-state index contributed by atoms with van der Waals surface area (Å²) in [5.74, 6) is 0. The molecule has 0 bridgehead atoms. The Morgan fingerprint density at radius 2 is 1.76 bits per heavy atom. The first-order valence-electron chi connectivity index (χ1n) is 7.92. The average Bonchev–Trinajstić information content (AvgIpc) is 2.88. The molecule has 2 aromatic rings. The SMILES string of the molecule is Cc1ccc(Cn2c(=O)ccn([C@@H]3O[C@H](CO)[C@@H](O)[C@H]3O)c2=O)cc1. The lowest BCUT2D eigenvalue weighted by Crippen LogP contribution is -2.43. The monoisotopic (exact) mass is 348 g/mol. The fraction of sp³-hybridized carbons (Fsp3) is 0.412. The number of aliphatic hydroxyl groups excluding tert-OH is 3. The van der Waals surface area contributed by atoms with Crippen LogP contribution in [0.15, 0.2) is 46.1 Å². The maximum atomic E-state index is 12.7. The van der Waals surface area contributed by atoms with Gasteiger partial charge < -0.3 is 20.1 Å². The minimum absolute atomic E-state index is 0.0770. The third-order valence-electron chi connectivity index (χ3n) is 4.35. The lowest BCUT2D eigenvalue weighted by molar-refractivity contribution is -0.0555. The van der Waals surface area contributed by atoms with Crippen LogP contribution in [0, 0.1) is 6.92 Å². The Hall–Kier alpha value is -2.26. The molecule has 0 radical (unpaired) electrons. The van der Waals surface area contributed by atoms with E-state index in [-0.39, 0.29) is 6.54 Å². The highest BCUT2D eigenvalue weighted by molar-refractivity contribution is 5.21. The van der Waals surface area contributed by atoms with Crippen molar-refractivity contribution in [1.29, 1.82) is 0 Å². The molecular formula is C17H20N2O6. The van der Waals surface area contributed by atoms with Crippen LogP contribution in [-0.4, -0.2) is 49.4 Å². The molecule has 1 fully saturated rings. The van der Waals surface area contributed by atoms with Gasteiger partial charge in [0.2, 0.25) is 0 Å². The summed E-state index contributed by atoms with van der Waals surface area (Å²) in [5, 5.41) is 29.1. The van der Waals surface area contributed by atoms with Gasteiger partial charge in [0.25, 0.3) is 5.56 Å². The fourth-order valence-electron chi connectivity index (χ4n) is 2.86. The average molecular weight is 348 g/mol. The lowest BCUT2D eigenvalue weighted by Gasteiger charge is -2.18. The summed E-state index contributed by atoms with van der Waals surface area (Å²) in [7, 11) is 0. The molecule has 0 unspecified atom stereocenters. The highest BCUT2D eigenvalue weighted by Gasteiger charge is 2.43. The number of aliphatic hydroxyl groups is 3. The third kappa shape index (κ3) is 3.29. The number of hydrogen-bond donors (Lipinski definition) is 3. The standard InChI is InChI=1S/C17H20N2O6/c1-10-2-4-11(5-3-10)8-19-13(21)6-7-18(17(19)24)16-15(23)14(22)12(9-20)25-16/h2-7,12,14-16,20,22-23H,8-9H2,1H3/t12-,14-,15-,16-/m1/s1. The highest BCUT2D eigenvalue weighted by atomic mass is 16.6. The topological polar surface area (TPSA) is 114 Å². The van der Waals surface area contributed by atoms with Crippen molar-refractivity contribution >= 4 is 0 Å². The molecule has 25 heavy (non-hydrogen) atoms. The van der Waals surface area contributed by atoms with E-state index in [4.69, 9.17) is 9.84 Å². The van der Waals surface area contributed by atoms with Crippen molar-refractivity contribution in [1.82, 2.24) is 9.13 Å². The summed E-state index contributed by atoms with van der Waals surface area (Å²) < 4.78 is 7.44. The van der Waals surface area contributed by atoms with Gasteiger partial charge in [-0.05, 0) is 12.5 Å². The lowest BCUT2D eigenvalue weighted by atomic mass is 10.1. The number of ether oxygens (including phenoxy) is 1. The van der Waals surface area contributed by atoms with Crippen molar-refractivity contribution < 1.29 is 20.1 Å². The zero-order valence-electron chi connectivity index (χ0n) is 13.6. The maximum absolute atomic E-state index is 12.7. The molecular weight excluding hydrogens is 328 g/mol. The van der Waals surface area contributed by atoms with Crippen molar-refractivity contribution in [3.63, 3.8) is 0 Å². The van der Waals surface area contributed by atoms with E-state index in [1.807, 2.05) is 31.2 Å². The summed E-state index contributed by atoms with van der Waals surface area (Å²) in [6.45, 7) is 1.52. The van der Waals surface area contributed by atoms with Gasteiger partial charge in [0.15, 0.2) is 6.23 Å². The highest BCUT2D eigenvalue weighted by Crippen LogP contribution is 2.27. The van der Waals surface area contributed by atoms with Gasteiger partial charge in [-0.3, -0.25) is 13.9 Å². The van der Waals surface area contributed by atoms with Gasteiger partial charge in [0.1, 0.15) is 18.3 Å². The summed E-state index contributed by atoms with van der Waals surface area (Å²) in [6, 6.07) is 8.61. The molecule has 1 aromatic carbocycles. The van der Waals surface area contributed by atoms with Gasteiger partial charge in [-0.2, -0.15) is 0 Å². The van der Waals surface area contributed by atoms with Gasteiger partial charge in [0.05, 0.1) is 13.2 Å². The maximum Gasteiger partial charge on any atom is 0.333 e. The van der Waals surface area contributed by atoms with E-state index in [0.717, 1.165) is 20.3 Å². The van der Waals surface area contributed by atoms with Gasteiger partial charge in [-0.25, -0.2) is 4.79 Å². The first-order valence-corrected chi connectivity index (χ1v) is 7.92. The van der Waals surface area contributed by atoms with Crippen molar-refractivity contribution in [2.75, 3.05) is 6.61 Å². The quantitative estimate of drug-likeness (QED) is 0.652. The minimum Gasteiger partial charge on any atom is -0.394 e. The minimum atomic E-state index is -1.39.